The lowest BCUT2D eigenvalue weighted by atomic mass is 10.1. The third-order valence-corrected chi connectivity index (χ3v) is 6.12. The van der Waals surface area contributed by atoms with Crippen molar-refractivity contribution in [3.05, 3.63) is 52.4 Å². The van der Waals surface area contributed by atoms with E-state index < -0.39 is 0 Å². The minimum Gasteiger partial charge on any atom is -0.349 e. The summed E-state index contributed by atoms with van der Waals surface area (Å²) >= 11 is 3.05. The number of carbonyl (C=O) groups is 1. The van der Waals surface area contributed by atoms with Gasteiger partial charge in [0.2, 0.25) is 5.91 Å². The molecule has 130 valence electrons. The third kappa shape index (κ3) is 3.99. The average molecular weight is 375 g/mol. The number of nitrogens with zero attached hydrogens (tertiary/aromatic N) is 2. The molecule has 4 nitrogen and oxygen atoms in total. The Hall–Kier alpha value is -1.99. The molecule has 2 heterocycles. The van der Waals surface area contributed by atoms with Crippen LogP contribution in [0.5, 0.6) is 0 Å². The summed E-state index contributed by atoms with van der Waals surface area (Å²) in [6.07, 6.45) is 1.54. The van der Waals surface area contributed by atoms with Crippen molar-refractivity contribution >= 4 is 39.2 Å². The van der Waals surface area contributed by atoms with Crippen molar-refractivity contribution in [3.8, 4) is 0 Å². The zero-order chi connectivity index (χ0) is 18.0. The van der Waals surface area contributed by atoms with Crippen molar-refractivity contribution in [3.63, 3.8) is 0 Å². The van der Waals surface area contributed by atoms with Crippen molar-refractivity contribution in [1.82, 2.24) is 15.3 Å². The number of halogens is 1. The summed E-state index contributed by atoms with van der Waals surface area (Å²) in [5.74, 6) is -0.100. The van der Waals surface area contributed by atoms with Gasteiger partial charge in [0.05, 0.1) is 11.8 Å². The van der Waals surface area contributed by atoms with Crippen LogP contribution in [0.4, 0.5) is 4.39 Å². The molecule has 3 rings (SSSR count). The molecule has 1 atom stereocenters. The van der Waals surface area contributed by atoms with E-state index >= 15 is 0 Å². The molecule has 3 aromatic rings. The van der Waals surface area contributed by atoms with E-state index in [1.54, 1.807) is 29.8 Å². The van der Waals surface area contributed by atoms with Crippen molar-refractivity contribution in [2.24, 2.45) is 0 Å². The normalized spacial score (nSPS) is 12.3. The van der Waals surface area contributed by atoms with Gasteiger partial charge in [0.25, 0.3) is 0 Å². The first-order chi connectivity index (χ1) is 12.0. The summed E-state index contributed by atoms with van der Waals surface area (Å²) in [4.78, 5) is 23.1. The van der Waals surface area contributed by atoms with Gasteiger partial charge in [-0.2, -0.15) is 0 Å². The Morgan fingerprint density at radius 1 is 1.28 bits per heavy atom. The van der Waals surface area contributed by atoms with Crippen LogP contribution >= 0.6 is 23.1 Å². The number of rotatable bonds is 5. The molecule has 0 radical (unpaired) electrons. The summed E-state index contributed by atoms with van der Waals surface area (Å²) < 4.78 is 13.0. The number of thiophene rings is 1. The maximum absolute atomic E-state index is 13.0. The second-order valence-electron chi connectivity index (χ2n) is 5.77. The fraction of sp³-hybridized carbons (Fsp3) is 0.278. The van der Waals surface area contributed by atoms with Crippen LogP contribution in [0.15, 0.2) is 35.6 Å². The van der Waals surface area contributed by atoms with E-state index in [1.807, 2.05) is 6.92 Å². The second kappa shape index (κ2) is 7.49. The molecule has 0 saturated heterocycles. The second-order valence-corrected chi connectivity index (χ2v) is 7.94. The van der Waals surface area contributed by atoms with Crippen LogP contribution in [0.3, 0.4) is 0 Å². The average Bonchev–Trinajstić information content (AvgIpc) is 2.88. The van der Waals surface area contributed by atoms with Crippen molar-refractivity contribution in [2.45, 2.75) is 31.8 Å². The van der Waals surface area contributed by atoms with Crippen LogP contribution in [0, 0.1) is 19.7 Å². The Morgan fingerprint density at radius 2 is 2.00 bits per heavy atom. The van der Waals surface area contributed by atoms with E-state index in [0.29, 0.717) is 0 Å². The van der Waals surface area contributed by atoms with Crippen molar-refractivity contribution in [2.75, 3.05) is 5.75 Å². The van der Waals surface area contributed by atoms with E-state index in [9.17, 15) is 9.18 Å². The van der Waals surface area contributed by atoms with Gasteiger partial charge in [-0.1, -0.05) is 23.9 Å². The van der Waals surface area contributed by atoms with Crippen LogP contribution in [-0.2, 0) is 4.79 Å². The van der Waals surface area contributed by atoms with Crippen LogP contribution in [0.1, 0.15) is 29.0 Å². The Balaban J connectivity index is 1.65. The number of aromatic nitrogens is 2. The molecule has 1 N–H and O–H groups in total. The molecule has 0 aliphatic heterocycles. The molecule has 25 heavy (non-hydrogen) atoms. The van der Waals surface area contributed by atoms with E-state index in [1.165, 1.54) is 34.3 Å². The summed E-state index contributed by atoms with van der Waals surface area (Å²) in [6.45, 7) is 6.00. The predicted molar refractivity (Wildman–Crippen MR) is 101 cm³/mol. The molecular formula is C18H18FN3OS2. The molecule has 7 heteroatoms. The van der Waals surface area contributed by atoms with Crippen LogP contribution in [-0.4, -0.2) is 21.6 Å². The first kappa shape index (κ1) is 17.8. The molecular weight excluding hydrogens is 357 g/mol. The summed E-state index contributed by atoms with van der Waals surface area (Å²) in [5.41, 5.74) is 2.04. The number of thioether (sulfide) groups is 1. The molecule has 0 aliphatic carbocycles. The Labute approximate surface area is 153 Å². The smallest absolute Gasteiger partial charge is 0.230 e. The van der Waals surface area contributed by atoms with Crippen LogP contribution in [0.25, 0.3) is 10.2 Å². The summed E-state index contributed by atoms with van der Waals surface area (Å²) in [5, 5.41) is 4.80. The fourth-order valence-electron chi connectivity index (χ4n) is 2.51. The van der Waals surface area contributed by atoms with E-state index in [2.05, 4.69) is 29.1 Å². The van der Waals surface area contributed by atoms with Crippen molar-refractivity contribution in [1.29, 1.82) is 0 Å². The number of amides is 1. The van der Waals surface area contributed by atoms with Gasteiger partial charge in [-0.25, -0.2) is 14.4 Å². The number of hydrogen-bond acceptors (Lipinski definition) is 5. The fourth-order valence-corrected chi connectivity index (χ4v) is 4.44. The number of benzene rings is 1. The maximum Gasteiger partial charge on any atom is 0.230 e. The molecule has 0 bridgehead atoms. The van der Waals surface area contributed by atoms with Gasteiger partial charge in [0.15, 0.2) is 0 Å². The largest absolute Gasteiger partial charge is 0.349 e. The zero-order valence-corrected chi connectivity index (χ0v) is 15.8. The number of carbonyl (C=O) groups excluding carboxylic acids is 1. The zero-order valence-electron chi connectivity index (χ0n) is 14.2. The topological polar surface area (TPSA) is 54.9 Å². The maximum atomic E-state index is 13.0. The first-order valence-corrected chi connectivity index (χ1v) is 9.64. The number of fused-ring (bicyclic) bond motifs is 1. The number of nitrogens with one attached hydrogen (secondary N) is 1. The van der Waals surface area contributed by atoms with E-state index in [4.69, 9.17) is 0 Å². The highest BCUT2D eigenvalue weighted by Gasteiger charge is 2.15. The van der Waals surface area contributed by atoms with Crippen molar-refractivity contribution < 1.29 is 9.18 Å². The molecule has 0 saturated carbocycles. The van der Waals surface area contributed by atoms with E-state index in [0.717, 1.165) is 20.8 Å². The number of aryl methyl sites for hydroxylation is 2. The molecule has 0 unspecified atom stereocenters. The monoisotopic (exact) mass is 375 g/mol. The number of hydrogen-bond donors (Lipinski definition) is 1. The Morgan fingerprint density at radius 3 is 2.72 bits per heavy atom. The SMILES string of the molecule is Cc1sc2ncnc(SCC(=O)N[C@H](C)c3ccc(F)cc3)c2c1C. The Kier molecular flexibility index (Phi) is 5.34. The lowest BCUT2D eigenvalue weighted by Crippen LogP contribution is -2.28. The van der Waals surface area contributed by atoms with Gasteiger partial charge in [-0.05, 0) is 44.0 Å². The molecule has 2 aromatic heterocycles. The Bertz CT molecular complexity index is 909. The molecule has 0 fully saturated rings. The van der Waals surface area contributed by atoms with Crippen LogP contribution in [0.2, 0.25) is 0 Å². The lowest BCUT2D eigenvalue weighted by molar-refractivity contribution is -0.119. The molecule has 1 aromatic carbocycles. The predicted octanol–water partition coefficient (Wildman–Crippen LogP) is 4.42. The van der Waals surface area contributed by atoms with Gasteiger partial charge in [0.1, 0.15) is 22.0 Å². The van der Waals surface area contributed by atoms with Gasteiger partial charge >= 0.3 is 0 Å². The van der Waals surface area contributed by atoms with E-state index in [-0.39, 0.29) is 23.5 Å². The van der Waals surface area contributed by atoms with Crippen LogP contribution < -0.4 is 5.32 Å². The van der Waals surface area contributed by atoms with Gasteiger partial charge < -0.3 is 5.32 Å². The standard InChI is InChI=1S/C18H18FN3OS2/c1-10-12(3)25-18-16(10)17(20-9-21-18)24-8-15(23)22-11(2)13-4-6-14(19)7-5-13/h4-7,9,11H,8H2,1-3H3,(H,22,23)/t11-/m1/s1. The summed E-state index contributed by atoms with van der Waals surface area (Å²) in [6, 6.07) is 5.97. The van der Waals surface area contributed by atoms with Gasteiger partial charge in [0, 0.05) is 10.3 Å². The summed E-state index contributed by atoms with van der Waals surface area (Å²) in [7, 11) is 0. The lowest BCUT2D eigenvalue weighted by Gasteiger charge is -2.14. The highest BCUT2D eigenvalue weighted by atomic mass is 32.2. The molecule has 1 amide bonds. The highest BCUT2D eigenvalue weighted by Crippen LogP contribution is 2.34. The van der Waals surface area contributed by atoms with Gasteiger partial charge in [-0.15, -0.1) is 11.3 Å². The van der Waals surface area contributed by atoms with Gasteiger partial charge in [-0.3, -0.25) is 4.79 Å². The molecule has 0 spiro atoms. The quantitative estimate of drug-likeness (QED) is 0.530. The minimum absolute atomic E-state index is 0.0850. The minimum atomic E-state index is -0.285. The third-order valence-electron chi connectivity index (χ3n) is 4.02. The first-order valence-electron chi connectivity index (χ1n) is 7.84. The highest BCUT2D eigenvalue weighted by molar-refractivity contribution is 8.00. The molecule has 0 aliphatic rings.